The van der Waals surface area contributed by atoms with Gasteiger partial charge in [0.1, 0.15) is 0 Å². The molecule has 0 fully saturated rings. The second-order valence-electron chi connectivity index (χ2n) is 4.33. The summed E-state index contributed by atoms with van der Waals surface area (Å²) in [5, 5.41) is 5.56. The number of ether oxygens (including phenoxy) is 1. The number of anilines is 2. The number of methoxy groups -OCH3 is 1. The first-order chi connectivity index (χ1) is 8.76. The summed E-state index contributed by atoms with van der Waals surface area (Å²) in [6.45, 7) is 2.82. The van der Waals surface area contributed by atoms with Gasteiger partial charge < -0.3 is 15.8 Å². The van der Waals surface area contributed by atoms with Crippen molar-refractivity contribution in [3.63, 3.8) is 0 Å². The summed E-state index contributed by atoms with van der Waals surface area (Å²) in [6, 6.07) is 6.15. The van der Waals surface area contributed by atoms with Gasteiger partial charge in [-0.05, 0) is 24.6 Å². The Morgan fingerprint density at radius 2 is 2.17 bits per heavy atom. The van der Waals surface area contributed by atoms with Crippen molar-refractivity contribution in [2.24, 2.45) is 0 Å². The Morgan fingerprint density at radius 3 is 2.89 bits per heavy atom. The number of hydrogen-bond acceptors (Lipinski definition) is 4. The van der Waals surface area contributed by atoms with E-state index in [0.717, 1.165) is 28.6 Å². The Balaban J connectivity index is 2.36. The van der Waals surface area contributed by atoms with Crippen molar-refractivity contribution in [1.82, 2.24) is 4.98 Å². The standard InChI is InChI=1S/C14H19N3O/c1-3-10(9-18-2)17-14-5-4-13(15)11-6-7-16-8-12(11)14/h4-8,10,17H,3,9,15H2,1-2H3. The van der Waals surface area contributed by atoms with Crippen molar-refractivity contribution in [2.75, 3.05) is 24.8 Å². The van der Waals surface area contributed by atoms with Crippen molar-refractivity contribution in [2.45, 2.75) is 19.4 Å². The lowest BCUT2D eigenvalue weighted by molar-refractivity contribution is 0.184. The van der Waals surface area contributed by atoms with Crippen molar-refractivity contribution >= 4 is 22.1 Å². The molecule has 0 saturated heterocycles. The Morgan fingerprint density at radius 1 is 1.33 bits per heavy atom. The highest BCUT2D eigenvalue weighted by molar-refractivity contribution is 6.00. The molecule has 0 amide bonds. The largest absolute Gasteiger partial charge is 0.398 e. The van der Waals surface area contributed by atoms with Gasteiger partial charge in [0.2, 0.25) is 0 Å². The van der Waals surface area contributed by atoms with Gasteiger partial charge in [-0.15, -0.1) is 0 Å². The molecule has 1 atom stereocenters. The van der Waals surface area contributed by atoms with Crippen LogP contribution < -0.4 is 11.1 Å². The maximum absolute atomic E-state index is 5.97. The Kier molecular flexibility index (Phi) is 3.99. The van der Waals surface area contributed by atoms with Crippen molar-refractivity contribution in [3.05, 3.63) is 30.6 Å². The number of nitrogens with one attached hydrogen (secondary N) is 1. The number of nitrogens with zero attached hydrogens (tertiary/aromatic N) is 1. The van der Waals surface area contributed by atoms with Crippen molar-refractivity contribution < 1.29 is 4.74 Å². The summed E-state index contributed by atoms with van der Waals surface area (Å²) in [7, 11) is 1.72. The van der Waals surface area contributed by atoms with Gasteiger partial charge in [-0.1, -0.05) is 6.92 Å². The molecular formula is C14H19N3O. The number of nitrogens with two attached hydrogens (primary N) is 1. The highest BCUT2D eigenvalue weighted by atomic mass is 16.5. The average molecular weight is 245 g/mol. The number of nitrogen functional groups attached to an aromatic ring is 1. The van der Waals surface area contributed by atoms with Crippen LogP contribution in [0.1, 0.15) is 13.3 Å². The zero-order chi connectivity index (χ0) is 13.0. The fourth-order valence-electron chi connectivity index (χ4n) is 2.02. The molecule has 0 aliphatic rings. The molecular weight excluding hydrogens is 226 g/mol. The first kappa shape index (κ1) is 12.6. The molecule has 1 aromatic carbocycles. The lowest BCUT2D eigenvalue weighted by atomic mass is 10.1. The molecule has 4 heteroatoms. The molecule has 1 heterocycles. The van der Waals surface area contributed by atoms with Crippen LogP contribution in [0.15, 0.2) is 30.6 Å². The number of fused-ring (bicyclic) bond motifs is 1. The Bertz CT molecular complexity index is 527. The monoisotopic (exact) mass is 245 g/mol. The first-order valence-corrected chi connectivity index (χ1v) is 6.14. The van der Waals surface area contributed by atoms with E-state index < -0.39 is 0 Å². The van der Waals surface area contributed by atoms with Crippen LogP contribution >= 0.6 is 0 Å². The van der Waals surface area contributed by atoms with Crippen molar-refractivity contribution in [1.29, 1.82) is 0 Å². The van der Waals surface area contributed by atoms with E-state index >= 15 is 0 Å². The minimum absolute atomic E-state index is 0.294. The van der Waals surface area contributed by atoms with Crippen molar-refractivity contribution in [3.8, 4) is 0 Å². The zero-order valence-electron chi connectivity index (χ0n) is 10.8. The van der Waals surface area contributed by atoms with Crippen LogP contribution in [0.3, 0.4) is 0 Å². The van der Waals surface area contributed by atoms with E-state index in [1.54, 1.807) is 13.3 Å². The van der Waals surface area contributed by atoms with E-state index in [2.05, 4.69) is 17.2 Å². The molecule has 1 aromatic heterocycles. The Hall–Kier alpha value is -1.81. The first-order valence-electron chi connectivity index (χ1n) is 6.14. The number of rotatable bonds is 5. The maximum atomic E-state index is 5.97. The minimum atomic E-state index is 0.294. The summed E-state index contributed by atoms with van der Waals surface area (Å²) in [6.07, 6.45) is 4.60. The van der Waals surface area contributed by atoms with Gasteiger partial charge >= 0.3 is 0 Å². The summed E-state index contributed by atoms with van der Waals surface area (Å²) in [5.74, 6) is 0. The maximum Gasteiger partial charge on any atom is 0.0663 e. The second kappa shape index (κ2) is 5.69. The van der Waals surface area contributed by atoms with Gasteiger partial charge in [0.05, 0.1) is 6.61 Å². The van der Waals surface area contributed by atoms with E-state index in [0.29, 0.717) is 12.6 Å². The van der Waals surface area contributed by atoms with Crippen LogP contribution in [0.4, 0.5) is 11.4 Å². The molecule has 0 bridgehead atoms. The fraction of sp³-hybridized carbons (Fsp3) is 0.357. The van der Waals surface area contributed by atoms with E-state index in [1.807, 2.05) is 24.4 Å². The number of aromatic nitrogens is 1. The lowest BCUT2D eigenvalue weighted by Crippen LogP contribution is -2.24. The quantitative estimate of drug-likeness (QED) is 0.795. The molecule has 0 saturated carbocycles. The van der Waals surface area contributed by atoms with Gasteiger partial charge in [-0.3, -0.25) is 4.98 Å². The predicted octanol–water partition coefficient (Wildman–Crippen LogP) is 2.65. The van der Waals surface area contributed by atoms with Crippen LogP contribution in [0, 0.1) is 0 Å². The van der Waals surface area contributed by atoms with Crippen LogP contribution in [0.5, 0.6) is 0 Å². The third kappa shape index (κ3) is 2.54. The van der Waals surface area contributed by atoms with Gasteiger partial charge in [-0.25, -0.2) is 0 Å². The average Bonchev–Trinajstić information content (AvgIpc) is 2.41. The molecule has 0 aliphatic heterocycles. The van der Waals surface area contributed by atoms with Gasteiger partial charge in [0, 0.05) is 47.7 Å². The van der Waals surface area contributed by atoms with Gasteiger partial charge in [-0.2, -0.15) is 0 Å². The van der Waals surface area contributed by atoms with Crippen LogP contribution in [0.25, 0.3) is 10.8 Å². The summed E-state index contributed by atoms with van der Waals surface area (Å²) < 4.78 is 5.20. The molecule has 4 nitrogen and oxygen atoms in total. The van der Waals surface area contributed by atoms with Gasteiger partial charge in [0.25, 0.3) is 0 Å². The third-order valence-electron chi connectivity index (χ3n) is 3.07. The van der Waals surface area contributed by atoms with Crippen LogP contribution in [-0.2, 0) is 4.74 Å². The number of hydrogen-bond donors (Lipinski definition) is 2. The number of pyridine rings is 1. The fourth-order valence-corrected chi connectivity index (χ4v) is 2.02. The zero-order valence-corrected chi connectivity index (χ0v) is 10.8. The van der Waals surface area contributed by atoms with Gasteiger partial charge in [0.15, 0.2) is 0 Å². The molecule has 0 radical (unpaired) electrons. The van der Waals surface area contributed by atoms with E-state index in [1.165, 1.54) is 0 Å². The molecule has 96 valence electrons. The van der Waals surface area contributed by atoms with E-state index in [-0.39, 0.29) is 0 Å². The van der Waals surface area contributed by atoms with E-state index in [9.17, 15) is 0 Å². The topological polar surface area (TPSA) is 60.2 Å². The molecule has 0 aliphatic carbocycles. The molecule has 2 rings (SSSR count). The highest BCUT2D eigenvalue weighted by Crippen LogP contribution is 2.28. The minimum Gasteiger partial charge on any atom is -0.398 e. The third-order valence-corrected chi connectivity index (χ3v) is 3.07. The summed E-state index contributed by atoms with van der Waals surface area (Å²) >= 11 is 0. The van der Waals surface area contributed by atoms with Crippen LogP contribution in [0.2, 0.25) is 0 Å². The lowest BCUT2D eigenvalue weighted by Gasteiger charge is -2.19. The molecule has 3 N–H and O–H groups in total. The second-order valence-corrected chi connectivity index (χ2v) is 4.33. The predicted molar refractivity (Wildman–Crippen MR) is 75.7 cm³/mol. The van der Waals surface area contributed by atoms with E-state index in [4.69, 9.17) is 10.5 Å². The molecule has 0 spiro atoms. The van der Waals surface area contributed by atoms with Crippen LogP contribution in [-0.4, -0.2) is 24.7 Å². The SMILES string of the molecule is CCC(COC)Nc1ccc(N)c2ccncc12. The molecule has 2 aromatic rings. The smallest absolute Gasteiger partial charge is 0.0663 e. The normalized spacial score (nSPS) is 12.6. The molecule has 18 heavy (non-hydrogen) atoms. The molecule has 1 unspecified atom stereocenters. The Labute approximate surface area is 107 Å². The highest BCUT2D eigenvalue weighted by Gasteiger charge is 2.09. The summed E-state index contributed by atoms with van der Waals surface area (Å²) in [4.78, 5) is 4.17. The number of benzene rings is 1. The summed E-state index contributed by atoms with van der Waals surface area (Å²) in [5.41, 5.74) is 7.79.